The van der Waals surface area contributed by atoms with Crippen molar-refractivity contribution in [1.82, 2.24) is 0 Å². The lowest BCUT2D eigenvalue weighted by Crippen LogP contribution is -1.77. The second-order valence-corrected chi connectivity index (χ2v) is 3.26. The van der Waals surface area contributed by atoms with Gasteiger partial charge in [0.25, 0.3) is 0 Å². The molecule has 0 atom stereocenters. The average Bonchev–Trinajstić information content (AvgIpc) is 1.79. The molecule has 0 bridgehead atoms. The normalized spacial score (nSPS) is 13.0. The van der Waals surface area contributed by atoms with Gasteiger partial charge in [0, 0.05) is 0 Å². The standard InChI is InChI=1S/C10H18/c1-9(2)7-5-6-8-10(3)4/h5-10H,1-4H3/b7-5-,8-6-. The molecular formula is C10H18. The molecule has 0 radical (unpaired) electrons. The SMILES string of the molecule is CC(C)/C=C\C=C/C(C)C. The Labute approximate surface area is 64.6 Å². The molecule has 0 N–H and O–H groups in total. The molecule has 10 heavy (non-hydrogen) atoms. The van der Waals surface area contributed by atoms with Gasteiger partial charge in [-0.1, -0.05) is 52.0 Å². The van der Waals surface area contributed by atoms with Crippen LogP contribution in [0.3, 0.4) is 0 Å². The minimum absolute atomic E-state index is 0.664. The minimum atomic E-state index is 0.664. The summed E-state index contributed by atoms with van der Waals surface area (Å²) in [6, 6.07) is 0. The van der Waals surface area contributed by atoms with Gasteiger partial charge in [-0.25, -0.2) is 0 Å². The van der Waals surface area contributed by atoms with Crippen molar-refractivity contribution >= 4 is 0 Å². The van der Waals surface area contributed by atoms with E-state index in [1.54, 1.807) is 0 Å². The summed E-state index contributed by atoms with van der Waals surface area (Å²) in [7, 11) is 0. The predicted molar refractivity (Wildman–Crippen MR) is 48.0 cm³/mol. The van der Waals surface area contributed by atoms with Gasteiger partial charge in [-0.15, -0.1) is 0 Å². The van der Waals surface area contributed by atoms with Crippen LogP contribution in [0.15, 0.2) is 24.3 Å². The molecular weight excluding hydrogens is 120 g/mol. The van der Waals surface area contributed by atoms with Crippen LogP contribution in [0.25, 0.3) is 0 Å². The van der Waals surface area contributed by atoms with Crippen LogP contribution >= 0.6 is 0 Å². The summed E-state index contributed by atoms with van der Waals surface area (Å²) in [6.45, 7) is 8.72. The first kappa shape index (κ1) is 9.48. The van der Waals surface area contributed by atoms with Gasteiger partial charge < -0.3 is 0 Å². The summed E-state index contributed by atoms with van der Waals surface area (Å²) in [6.07, 6.45) is 8.62. The molecule has 0 aliphatic heterocycles. The van der Waals surface area contributed by atoms with Crippen LogP contribution in [0, 0.1) is 11.8 Å². The van der Waals surface area contributed by atoms with Gasteiger partial charge in [-0.05, 0) is 11.8 Å². The Morgan fingerprint density at radius 3 is 1.20 bits per heavy atom. The van der Waals surface area contributed by atoms with E-state index in [9.17, 15) is 0 Å². The first-order chi connectivity index (χ1) is 4.63. The number of rotatable bonds is 3. The molecule has 0 aromatic carbocycles. The molecule has 0 spiro atoms. The molecule has 0 aliphatic carbocycles. The third-order valence-corrected chi connectivity index (χ3v) is 1.10. The third-order valence-electron chi connectivity index (χ3n) is 1.10. The summed E-state index contributed by atoms with van der Waals surface area (Å²) >= 11 is 0. The van der Waals surface area contributed by atoms with Crippen LogP contribution in [-0.2, 0) is 0 Å². The van der Waals surface area contributed by atoms with Crippen molar-refractivity contribution in [3.05, 3.63) is 24.3 Å². The highest BCUT2D eigenvalue weighted by atomic mass is 13.9. The van der Waals surface area contributed by atoms with Crippen molar-refractivity contribution in [2.45, 2.75) is 27.7 Å². The summed E-state index contributed by atoms with van der Waals surface area (Å²) in [5, 5.41) is 0. The Balaban J connectivity index is 3.52. The molecule has 0 saturated heterocycles. The van der Waals surface area contributed by atoms with Crippen LogP contribution in [0.2, 0.25) is 0 Å². The minimum Gasteiger partial charge on any atom is -0.0820 e. The van der Waals surface area contributed by atoms with Gasteiger partial charge >= 0.3 is 0 Å². The molecule has 0 saturated carbocycles. The molecule has 0 aliphatic rings. The Morgan fingerprint density at radius 1 is 0.700 bits per heavy atom. The van der Waals surface area contributed by atoms with Gasteiger partial charge in [0.1, 0.15) is 0 Å². The van der Waals surface area contributed by atoms with Crippen molar-refractivity contribution in [2.75, 3.05) is 0 Å². The van der Waals surface area contributed by atoms with Gasteiger partial charge in [0.05, 0.1) is 0 Å². The van der Waals surface area contributed by atoms with E-state index < -0.39 is 0 Å². The van der Waals surface area contributed by atoms with Crippen molar-refractivity contribution < 1.29 is 0 Å². The zero-order valence-corrected chi connectivity index (χ0v) is 7.46. The first-order valence-corrected chi connectivity index (χ1v) is 3.98. The number of hydrogen-bond acceptors (Lipinski definition) is 0. The summed E-state index contributed by atoms with van der Waals surface area (Å²) in [4.78, 5) is 0. The second kappa shape index (κ2) is 5.28. The van der Waals surface area contributed by atoms with Crippen LogP contribution in [0.5, 0.6) is 0 Å². The highest BCUT2D eigenvalue weighted by Crippen LogP contribution is 1.96. The topological polar surface area (TPSA) is 0 Å². The molecule has 0 heterocycles. The van der Waals surface area contributed by atoms with Crippen molar-refractivity contribution in [3.63, 3.8) is 0 Å². The van der Waals surface area contributed by atoms with E-state index in [0.29, 0.717) is 11.8 Å². The van der Waals surface area contributed by atoms with Crippen molar-refractivity contribution in [1.29, 1.82) is 0 Å². The van der Waals surface area contributed by atoms with E-state index in [-0.39, 0.29) is 0 Å². The smallest absolute Gasteiger partial charge is 0.0287 e. The van der Waals surface area contributed by atoms with E-state index >= 15 is 0 Å². The first-order valence-electron chi connectivity index (χ1n) is 3.98. The summed E-state index contributed by atoms with van der Waals surface area (Å²) < 4.78 is 0. The Morgan fingerprint density at radius 2 is 1.00 bits per heavy atom. The molecule has 0 rings (SSSR count). The third kappa shape index (κ3) is 7.48. The summed E-state index contributed by atoms with van der Waals surface area (Å²) in [5.74, 6) is 1.33. The quantitative estimate of drug-likeness (QED) is 0.524. The molecule has 0 aromatic heterocycles. The molecule has 0 nitrogen and oxygen atoms in total. The van der Waals surface area contributed by atoms with Gasteiger partial charge in [0.15, 0.2) is 0 Å². The fraction of sp³-hybridized carbons (Fsp3) is 0.600. The zero-order valence-electron chi connectivity index (χ0n) is 7.46. The van der Waals surface area contributed by atoms with Crippen molar-refractivity contribution in [2.24, 2.45) is 11.8 Å². The number of allylic oxidation sites excluding steroid dienone is 4. The van der Waals surface area contributed by atoms with E-state index in [4.69, 9.17) is 0 Å². The van der Waals surface area contributed by atoms with E-state index in [1.807, 2.05) is 0 Å². The predicted octanol–water partition coefficient (Wildman–Crippen LogP) is 3.41. The van der Waals surface area contributed by atoms with Gasteiger partial charge in [0.2, 0.25) is 0 Å². The Bertz CT molecular complexity index is 100. The lowest BCUT2D eigenvalue weighted by Gasteiger charge is -1.91. The van der Waals surface area contributed by atoms with Crippen LogP contribution in [-0.4, -0.2) is 0 Å². The summed E-state index contributed by atoms with van der Waals surface area (Å²) in [5.41, 5.74) is 0. The van der Waals surface area contributed by atoms with Gasteiger partial charge in [-0.2, -0.15) is 0 Å². The lowest BCUT2D eigenvalue weighted by molar-refractivity contribution is 0.825. The van der Waals surface area contributed by atoms with Crippen molar-refractivity contribution in [3.8, 4) is 0 Å². The maximum atomic E-state index is 2.19. The zero-order chi connectivity index (χ0) is 7.98. The molecule has 0 unspecified atom stereocenters. The van der Waals surface area contributed by atoms with E-state index in [0.717, 1.165) is 0 Å². The van der Waals surface area contributed by atoms with Crippen LogP contribution in [0.1, 0.15) is 27.7 Å². The second-order valence-electron chi connectivity index (χ2n) is 3.26. The maximum absolute atomic E-state index is 2.19. The van der Waals surface area contributed by atoms with Gasteiger partial charge in [-0.3, -0.25) is 0 Å². The molecule has 0 heteroatoms. The van der Waals surface area contributed by atoms with E-state index in [1.165, 1.54) is 0 Å². The maximum Gasteiger partial charge on any atom is -0.0287 e. The average molecular weight is 138 g/mol. The molecule has 0 fully saturated rings. The fourth-order valence-corrected chi connectivity index (χ4v) is 0.573. The monoisotopic (exact) mass is 138 g/mol. The Kier molecular flexibility index (Phi) is 5.00. The van der Waals surface area contributed by atoms with Crippen LogP contribution < -0.4 is 0 Å². The highest BCUT2D eigenvalue weighted by molar-refractivity contribution is 5.04. The number of hydrogen-bond donors (Lipinski definition) is 0. The largest absolute Gasteiger partial charge is 0.0820 e. The Hall–Kier alpha value is -0.520. The highest BCUT2D eigenvalue weighted by Gasteiger charge is 1.81. The molecule has 58 valence electrons. The van der Waals surface area contributed by atoms with Crippen LogP contribution in [0.4, 0.5) is 0 Å². The molecule has 0 aromatic rings. The fourth-order valence-electron chi connectivity index (χ4n) is 0.573. The molecule has 0 amide bonds. The van der Waals surface area contributed by atoms with E-state index in [2.05, 4.69) is 52.0 Å². The lowest BCUT2D eigenvalue weighted by atomic mass is 10.2.